The van der Waals surface area contributed by atoms with Crippen LogP contribution in [0.3, 0.4) is 0 Å². The molecule has 0 saturated carbocycles. The molecule has 0 atom stereocenters. The highest BCUT2D eigenvalue weighted by Gasteiger charge is 2.34. The fourth-order valence-electron chi connectivity index (χ4n) is 5.67. The lowest BCUT2D eigenvalue weighted by Crippen LogP contribution is -2.44. The molecule has 39 heavy (non-hydrogen) atoms. The molecule has 0 spiro atoms. The zero-order chi connectivity index (χ0) is 27.7. The van der Waals surface area contributed by atoms with Gasteiger partial charge in [0.1, 0.15) is 5.75 Å². The number of hydrogen-bond donors (Lipinski definition) is 0. The van der Waals surface area contributed by atoms with Crippen LogP contribution >= 0.6 is 11.8 Å². The number of aliphatic imine (C=N–C) groups is 1. The first kappa shape index (κ1) is 27.3. The number of methoxy groups -OCH3 is 1. The molecule has 2 fully saturated rings. The van der Waals surface area contributed by atoms with Crippen molar-refractivity contribution in [3.8, 4) is 5.75 Å². The van der Waals surface area contributed by atoms with Gasteiger partial charge in [-0.15, -0.1) is 0 Å². The van der Waals surface area contributed by atoms with Gasteiger partial charge in [-0.1, -0.05) is 6.08 Å². The van der Waals surface area contributed by atoms with E-state index < -0.39 is 0 Å². The maximum Gasteiger partial charge on any atom is 0.266 e. The van der Waals surface area contributed by atoms with Gasteiger partial charge in [-0.25, -0.2) is 4.99 Å². The summed E-state index contributed by atoms with van der Waals surface area (Å²) in [7, 11) is 1.69. The lowest BCUT2D eigenvalue weighted by molar-refractivity contribution is -0.122. The Bertz CT molecular complexity index is 1340. The number of benzene rings is 2. The number of carbonyl (C=O) groups excluding carboxylic acids is 1. The van der Waals surface area contributed by atoms with E-state index in [-0.39, 0.29) is 11.4 Å². The third-order valence-electron chi connectivity index (χ3n) is 7.59. The summed E-state index contributed by atoms with van der Waals surface area (Å²) in [6, 6.07) is 12.5. The Morgan fingerprint density at radius 2 is 1.82 bits per heavy atom. The smallest absolute Gasteiger partial charge is 0.266 e. The maximum absolute atomic E-state index is 13.4. The van der Waals surface area contributed by atoms with E-state index >= 15 is 0 Å². The molecule has 2 saturated heterocycles. The van der Waals surface area contributed by atoms with Crippen molar-refractivity contribution in [1.82, 2.24) is 4.90 Å². The normalized spacial score (nSPS) is 21.0. The zero-order valence-electron chi connectivity index (χ0n) is 23.8. The van der Waals surface area contributed by atoms with Crippen molar-refractivity contribution < 1.29 is 14.3 Å². The van der Waals surface area contributed by atoms with Crippen molar-refractivity contribution in [2.45, 2.75) is 40.2 Å². The van der Waals surface area contributed by atoms with Crippen LogP contribution in [0.2, 0.25) is 0 Å². The summed E-state index contributed by atoms with van der Waals surface area (Å²) in [5, 5.41) is 0.694. The molecule has 0 radical (unpaired) electrons. The first-order chi connectivity index (χ1) is 18.7. The number of allylic oxidation sites excluding steroid dienone is 1. The molecule has 0 unspecified atom stereocenters. The van der Waals surface area contributed by atoms with Crippen LogP contribution in [-0.2, 0) is 9.53 Å². The van der Waals surface area contributed by atoms with Crippen LogP contribution in [0.1, 0.15) is 45.7 Å². The van der Waals surface area contributed by atoms with Crippen molar-refractivity contribution in [2.75, 3.05) is 56.3 Å². The van der Waals surface area contributed by atoms with Crippen molar-refractivity contribution in [1.29, 1.82) is 0 Å². The number of amides is 1. The van der Waals surface area contributed by atoms with Gasteiger partial charge in [0.05, 0.1) is 36.5 Å². The lowest BCUT2D eigenvalue weighted by atomic mass is 9.87. The van der Waals surface area contributed by atoms with Crippen molar-refractivity contribution in [3.05, 3.63) is 58.5 Å². The Labute approximate surface area is 236 Å². The Hall–Kier alpha value is -3.23. The van der Waals surface area contributed by atoms with Gasteiger partial charge in [0.25, 0.3) is 5.91 Å². The molecule has 0 N–H and O–H groups in total. The minimum atomic E-state index is -0.0819. The summed E-state index contributed by atoms with van der Waals surface area (Å²) in [6.45, 7) is 15.5. The summed E-state index contributed by atoms with van der Waals surface area (Å²) >= 11 is 1.42. The van der Waals surface area contributed by atoms with Crippen LogP contribution in [0.15, 0.2) is 52.4 Å². The number of morpholine rings is 1. The molecule has 7 nitrogen and oxygen atoms in total. The molecule has 0 aliphatic carbocycles. The molecule has 0 bridgehead atoms. The van der Waals surface area contributed by atoms with Gasteiger partial charge in [0.2, 0.25) is 0 Å². The van der Waals surface area contributed by atoms with E-state index in [1.165, 1.54) is 28.6 Å². The van der Waals surface area contributed by atoms with Gasteiger partial charge in [-0.2, -0.15) is 0 Å². The molecule has 5 rings (SSSR count). The number of rotatable bonds is 6. The van der Waals surface area contributed by atoms with E-state index in [1.54, 1.807) is 12.0 Å². The summed E-state index contributed by atoms with van der Waals surface area (Å²) in [5.74, 6) is 0.722. The quantitative estimate of drug-likeness (QED) is 0.404. The van der Waals surface area contributed by atoms with Gasteiger partial charge in [-0.05, 0) is 88.4 Å². The monoisotopic (exact) mass is 546 g/mol. The molecule has 206 valence electrons. The number of hydrogen-bond acceptors (Lipinski definition) is 7. The number of anilines is 2. The molecule has 0 aromatic heterocycles. The molecule has 1 amide bonds. The minimum absolute atomic E-state index is 0.0328. The number of likely N-dealkylation sites (N-methyl/N-ethyl adjacent to an activating group) is 2. The van der Waals surface area contributed by atoms with E-state index in [0.717, 1.165) is 55.5 Å². The van der Waals surface area contributed by atoms with Crippen LogP contribution in [0.4, 0.5) is 17.1 Å². The molecule has 3 heterocycles. The second-order valence-corrected chi connectivity index (χ2v) is 11.5. The molecule has 2 aromatic carbocycles. The maximum atomic E-state index is 13.4. The van der Waals surface area contributed by atoms with E-state index in [4.69, 9.17) is 14.5 Å². The van der Waals surface area contributed by atoms with E-state index in [9.17, 15) is 4.79 Å². The number of thioether (sulfide) groups is 1. The second kappa shape index (κ2) is 11.1. The predicted molar refractivity (Wildman–Crippen MR) is 163 cm³/mol. The van der Waals surface area contributed by atoms with Gasteiger partial charge in [-0.3, -0.25) is 9.69 Å². The number of nitrogens with zero attached hydrogens (tertiary/aromatic N) is 4. The molecule has 3 aliphatic heterocycles. The number of carbonyl (C=O) groups is 1. The SMILES string of the molecule is CCN1C(=O)/C(=C\c2cc3c(cc2OC)N(CC)C(C)(C)C=C3C)SC1=Nc1ccc(N2CCOCC2)cc1. The average molecular weight is 547 g/mol. The third-order valence-corrected chi connectivity index (χ3v) is 8.59. The topological polar surface area (TPSA) is 57.6 Å². The van der Waals surface area contributed by atoms with Crippen LogP contribution in [0.5, 0.6) is 5.75 Å². The van der Waals surface area contributed by atoms with Crippen LogP contribution in [-0.4, -0.2) is 68.0 Å². The Morgan fingerprint density at radius 1 is 1.10 bits per heavy atom. The van der Waals surface area contributed by atoms with Gasteiger partial charge >= 0.3 is 0 Å². The standard InChI is InChI=1S/C31H38N4O3S/c1-7-34-29(36)28(39-30(34)32-23-9-11-24(12-10-23)33-13-15-38-16-14-33)18-22-17-25-21(3)20-31(4,5)35(8-2)26(25)19-27(22)37-6/h9-12,17-20H,7-8,13-16H2,1-6H3/b28-18+,32-30?. The van der Waals surface area contributed by atoms with Gasteiger partial charge < -0.3 is 19.3 Å². The first-order valence-electron chi connectivity index (χ1n) is 13.7. The molecular weight excluding hydrogens is 508 g/mol. The van der Waals surface area contributed by atoms with Crippen molar-refractivity contribution >= 4 is 51.5 Å². The fourth-order valence-corrected chi connectivity index (χ4v) is 6.72. The summed E-state index contributed by atoms with van der Waals surface area (Å²) in [5.41, 5.74) is 6.36. The molecule has 3 aliphatic rings. The van der Waals surface area contributed by atoms with Crippen LogP contribution in [0, 0.1) is 0 Å². The Morgan fingerprint density at radius 3 is 2.46 bits per heavy atom. The Kier molecular flexibility index (Phi) is 7.78. The van der Waals surface area contributed by atoms with Crippen LogP contribution in [0.25, 0.3) is 11.6 Å². The van der Waals surface area contributed by atoms with Gasteiger partial charge in [0, 0.05) is 54.7 Å². The molecule has 2 aromatic rings. The fraction of sp³-hybridized carbons (Fsp3) is 0.419. The number of fused-ring (bicyclic) bond motifs is 1. The Balaban J connectivity index is 1.45. The zero-order valence-corrected chi connectivity index (χ0v) is 24.6. The molecular formula is C31H38N4O3S. The molecule has 8 heteroatoms. The largest absolute Gasteiger partial charge is 0.496 e. The van der Waals surface area contributed by atoms with Crippen molar-refractivity contribution in [2.24, 2.45) is 4.99 Å². The van der Waals surface area contributed by atoms with E-state index in [2.05, 4.69) is 67.8 Å². The third kappa shape index (κ3) is 5.32. The van der Waals surface area contributed by atoms with Crippen LogP contribution < -0.4 is 14.5 Å². The van der Waals surface area contributed by atoms with E-state index in [0.29, 0.717) is 16.6 Å². The number of ether oxygens (including phenoxy) is 2. The highest BCUT2D eigenvalue weighted by Crippen LogP contribution is 2.43. The summed E-state index contributed by atoms with van der Waals surface area (Å²) in [4.78, 5) is 25.4. The van der Waals surface area contributed by atoms with Gasteiger partial charge in [0.15, 0.2) is 5.17 Å². The first-order valence-corrected chi connectivity index (χ1v) is 14.5. The highest BCUT2D eigenvalue weighted by atomic mass is 32.2. The second-order valence-electron chi connectivity index (χ2n) is 10.5. The summed E-state index contributed by atoms with van der Waals surface area (Å²) in [6.07, 6.45) is 4.26. The highest BCUT2D eigenvalue weighted by molar-refractivity contribution is 8.18. The van der Waals surface area contributed by atoms with E-state index in [1.807, 2.05) is 25.1 Å². The predicted octanol–water partition coefficient (Wildman–Crippen LogP) is 6.18. The lowest BCUT2D eigenvalue weighted by Gasteiger charge is -2.43. The average Bonchev–Trinajstić information content (AvgIpc) is 3.22. The minimum Gasteiger partial charge on any atom is -0.496 e. The van der Waals surface area contributed by atoms with Crippen molar-refractivity contribution in [3.63, 3.8) is 0 Å². The number of amidine groups is 1. The summed E-state index contributed by atoms with van der Waals surface area (Å²) < 4.78 is 11.3.